The van der Waals surface area contributed by atoms with Crippen LogP contribution < -0.4 is 0 Å². The van der Waals surface area contributed by atoms with Crippen molar-refractivity contribution in [1.82, 2.24) is 0 Å². The Kier molecular flexibility index (Phi) is 1.74. The maximum atomic E-state index is 2.72. The highest BCUT2D eigenvalue weighted by Crippen LogP contribution is 2.67. The Balaban J connectivity index is 1.95. The van der Waals surface area contributed by atoms with Crippen LogP contribution in [0.4, 0.5) is 0 Å². The van der Waals surface area contributed by atoms with Gasteiger partial charge in [0.2, 0.25) is 0 Å². The number of hydrogen-bond acceptors (Lipinski definition) is 0. The molecular formula is C13H23Si+. The third kappa shape index (κ3) is 1.14. The molecule has 14 heavy (non-hydrogen) atoms. The molecule has 0 saturated heterocycles. The van der Waals surface area contributed by atoms with Gasteiger partial charge in [0.15, 0.2) is 0 Å². The first kappa shape index (κ1) is 9.32. The average molecular weight is 207 g/mol. The number of rotatable bonds is 1. The lowest BCUT2D eigenvalue weighted by Gasteiger charge is -2.57. The summed E-state index contributed by atoms with van der Waals surface area (Å²) in [5, 5.41) is 0.845. The van der Waals surface area contributed by atoms with Crippen molar-refractivity contribution in [1.29, 1.82) is 0 Å². The van der Waals surface area contributed by atoms with Gasteiger partial charge in [-0.15, -0.1) is 0 Å². The highest BCUT2D eigenvalue weighted by Gasteiger charge is 2.60. The lowest BCUT2D eigenvalue weighted by molar-refractivity contribution is 0.0706. The Morgan fingerprint density at radius 2 is 1.57 bits per heavy atom. The van der Waals surface area contributed by atoms with Gasteiger partial charge in [-0.3, -0.25) is 0 Å². The van der Waals surface area contributed by atoms with Gasteiger partial charge < -0.3 is 0 Å². The fourth-order valence-electron chi connectivity index (χ4n) is 4.69. The van der Waals surface area contributed by atoms with Gasteiger partial charge in [-0.05, 0) is 43.1 Å². The molecule has 0 aromatic heterocycles. The lowest BCUT2D eigenvalue weighted by atomic mass is 9.56. The van der Waals surface area contributed by atoms with Gasteiger partial charge >= 0.3 is 0 Å². The summed E-state index contributed by atoms with van der Waals surface area (Å²) in [6.45, 7) is 7.83. The molecule has 4 fully saturated rings. The van der Waals surface area contributed by atoms with Gasteiger partial charge in [-0.1, -0.05) is 19.6 Å². The molecule has 0 amide bonds. The maximum absolute atomic E-state index is 2.72. The van der Waals surface area contributed by atoms with E-state index in [0.717, 1.165) is 22.8 Å². The van der Waals surface area contributed by atoms with E-state index in [2.05, 4.69) is 26.1 Å². The van der Waals surface area contributed by atoms with Gasteiger partial charge in [-0.2, -0.15) is 0 Å². The fourth-order valence-corrected chi connectivity index (χ4v) is 7.34. The minimum absolute atomic E-state index is 0.845. The quantitative estimate of drug-likeness (QED) is 0.448. The van der Waals surface area contributed by atoms with Crippen molar-refractivity contribution in [3.63, 3.8) is 0 Å². The van der Waals surface area contributed by atoms with Crippen LogP contribution in [0, 0.1) is 24.2 Å². The summed E-state index contributed by atoms with van der Waals surface area (Å²) in [4.78, 5) is 0. The molecule has 0 aromatic carbocycles. The molecule has 78 valence electrons. The largest absolute Gasteiger partial charge is 0.0985 e. The van der Waals surface area contributed by atoms with Crippen molar-refractivity contribution in [2.75, 3.05) is 0 Å². The molecule has 0 heterocycles. The maximum Gasteiger partial charge on any atom is 0.0985 e. The normalized spacial score (nSPS) is 50.6. The van der Waals surface area contributed by atoms with Gasteiger partial charge in [0.25, 0.3) is 0 Å². The van der Waals surface area contributed by atoms with Crippen LogP contribution in [0.15, 0.2) is 0 Å². The van der Waals surface area contributed by atoms with Crippen LogP contribution in [-0.2, 0) is 0 Å². The predicted octanol–water partition coefficient (Wildman–Crippen LogP) is 4.11. The van der Waals surface area contributed by atoms with Crippen molar-refractivity contribution < 1.29 is 0 Å². The zero-order valence-electron chi connectivity index (χ0n) is 9.84. The van der Waals surface area contributed by atoms with Crippen LogP contribution in [0.25, 0.3) is 0 Å². The van der Waals surface area contributed by atoms with E-state index in [4.69, 9.17) is 0 Å². The predicted molar refractivity (Wildman–Crippen MR) is 63.9 cm³/mol. The van der Waals surface area contributed by atoms with Crippen LogP contribution >= 0.6 is 0 Å². The third-order valence-electron chi connectivity index (χ3n) is 5.39. The van der Waals surface area contributed by atoms with E-state index in [1.54, 1.807) is 32.1 Å². The summed E-state index contributed by atoms with van der Waals surface area (Å²) < 4.78 is 0. The molecule has 1 heteroatoms. The van der Waals surface area contributed by atoms with Crippen molar-refractivity contribution in [3.8, 4) is 0 Å². The Bertz CT molecular complexity index is 213. The Morgan fingerprint density at radius 3 is 2.00 bits per heavy atom. The van der Waals surface area contributed by atoms with Crippen LogP contribution in [0.5, 0.6) is 0 Å². The molecule has 0 aliphatic heterocycles. The monoisotopic (exact) mass is 207 g/mol. The summed E-state index contributed by atoms with van der Waals surface area (Å²) in [5.41, 5.74) is 0. The SMILES string of the molecule is C[Si](C)(C)C12CC3[CH+][C@H](CC(C3)C1)C2. The van der Waals surface area contributed by atoms with E-state index in [9.17, 15) is 0 Å². The summed E-state index contributed by atoms with van der Waals surface area (Å²) >= 11 is 0. The van der Waals surface area contributed by atoms with E-state index >= 15 is 0 Å². The lowest BCUT2D eigenvalue weighted by Crippen LogP contribution is -2.52. The van der Waals surface area contributed by atoms with E-state index in [1.165, 1.54) is 0 Å². The Morgan fingerprint density at radius 1 is 1.00 bits per heavy atom. The standard InChI is InChI=1S/C13H23Si/c1-14(2,3)13-7-10-4-11(8-13)6-12(5-10)9-13/h4,10-12H,5-9H2,1-3H3/q+1/t10-,11?,12?,13?/m1/s1. The van der Waals surface area contributed by atoms with Crippen LogP contribution in [0.1, 0.15) is 32.1 Å². The second kappa shape index (κ2) is 2.61. The van der Waals surface area contributed by atoms with Gasteiger partial charge in [0.1, 0.15) is 0 Å². The van der Waals surface area contributed by atoms with Crippen LogP contribution in [-0.4, -0.2) is 8.07 Å². The molecule has 0 nitrogen and oxygen atoms in total. The first-order chi connectivity index (χ1) is 6.48. The molecule has 0 radical (unpaired) electrons. The molecule has 0 aromatic rings. The van der Waals surface area contributed by atoms with Crippen molar-refractivity contribution in [3.05, 3.63) is 6.42 Å². The molecule has 0 spiro atoms. The van der Waals surface area contributed by atoms with Crippen molar-refractivity contribution in [2.24, 2.45) is 17.8 Å². The summed E-state index contributed by atoms with van der Waals surface area (Å²) in [7, 11) is -0.929. The minimum atomic E-state index is -0.929. The Hall–Kier alpha value is 0.0869. The highest BCUT2D eigenvalue weighted by atomic mass is 28.3. The molecule has 0 N–H and O–H groups in total. The number of hydrogen-bond donors (Lipinski definition) is 0. The molecule has 4 atom stereocenters. The summed E-state index contributed by atoms with van der Waals surface area (Å²) in [6.07, 6.45) is 10.5. The van der Waals surface area contributed by atoms with Gasteiger partial charge in [0.05, 0.1) is 26.3 Å². The second-order valence-corrected chi connectivity index (χ2v) is 12.8. The fraction of sp³-hybridized carbons (Fsp3) is 0.923. The van der Waals surface area contributed by atoms with E-state index in [-0.39, 0.29) is 0 Å². The summed E-state index contributed by atoms with van der Waals surface area (Å²) in [6, 6.07) is 0. The molecular weight excluding hydrogens is 184 g/mol. The smallest absolute Gasteiger partial charge is 0.0691 e. The third-order valence-corrected chi connectivity index (χ3v) is 9.19. The average Bonchev–Trinajstić information content (AvgIpc) is 1.98. The first-order valence-corrected chi connectivity index (χ1v) is 9.84. The molecule has 3 unspecified atom stereocenters. The topological polar surface area (TPSA) is 0 Å². The van der Waals surface area contributed by atoms with E-state index < -0.39 is 8.07 Å². The molecule has 4 rings (SSSR count). The van der Waals surface area contributed by atoms with Crippen molar-refractivity contribution in [2.45, 2.75) is 56.8 Å². The molecule has 4 saturated carbocycles. The second-order valence-electron chi connectivity index (χ2n) is 7.19. The molecule has 4 bridgehead atoms. The zero-order valence-corrected chi connectivity index (χ0v) is 10.8. The first-order valence-electron chi connectivity index (χ1n) is 6.34. The van der Waals surface area contributed by atoms with E-state index in [0.29, 0.717) is 0 Å². The van der Waals surface area contributed by atoms with E-state index in [1.807, 2.05) is 0 Å². The van der Waals surface area contributed by atoms with Crippen LogP contribution in [0.3, 0.4) is 0 Å². The molecule has 4 aliphatic carbocycles. The summed E-state index contributed by atoms with van der Waals surface area (Å²) in [5.74, 6) is 3.16. The van der Waals surface area contributed by atoms with Gasteiger partial charge in [-0.25, -0.2) is 0 Å². The molecule has 4 aliphatic rings. The van der Waals surface area contributed by atoms with Crippen molar-refractivity contribution >= 4 is 8.07 Å². The van der Waals surface area contributed by atoms with Crippen LogP contribution in [0.2, 0.25) is 24.7 Å². The Labute approximate surface area is 89.5 Å². The van der Waals surface area contributed by atoms with Gasteiger partial charge in [0, 0.05) is 0 Å². The minimum Gasteiger partial charge on any atom is -0.0691 e. The zero-order chi connectivity index (χ0) is 9.97. The highest BCUT2D eigenvalue weighted by molar-refractivity contribution is 6.79.